The number of sulfonamides is 1. The van der Waals surface area contributed by atoms with Gasteiger partial charge in [0.05, 0.1) is 23.3 Å². The molecule has 2 aliphatic heterocycles. The van der Waals surface area contributed by atoms with Gasteiger partial charge in [-0.05, 0) is 32.1 Å². The lowest BCUT2D eigenvalue weighted by atomic mass is 9.80. The first-order valence-electron chi connectivity index (χ1n) is 10.9. The molecule has 0 aromatic heterocycles. The molecule has 4 fully saturated rings. The van der Waals surface area contributed by atoms with Crippen molar-refractivity contribution in [1.29, 1.82) is 0 Å². The number of hydrazine groups is 1. The fourth-order valence-corrected chi connectivity index (χ4v) is 7.06. The molecule has 0 spiro atoms. The molecule has 2 N–H and O–H groups in total. The first kappa shape index (κ1) is 22.8. The Morgan fingerprint density at radius 1 is 1.23 bits per heavy atom. The number of amides is 3. The van der Waals surface area contributed by atoms with Gasteiger partial charge in [-0.1, -0.05) is 0 Å². The van der Waals surface area contributed by atoms with Crippen LogP contribution in [0.3, 0.4) is 0 Å². The predicted molar refractivity (Wildman–Crippen MR) is 109 cm³/mol. The van der Waals surface area contributed by atoms with Crippen molar-refractivity contribution >= 4 is 22.0 Å². The zero-order valence-corrected chi connectivity index (χ0v) is 18.5. The van der Waals surface area contributed by atoms with E-state index in [0.717, 1.165) is 0 Å². The van der Waals surface area contributed by atoms with Crippen molar-refractivity contribution in [3.8, 4) is 0 Å². The van der Waals surface area contributed by atoms with Crippen LogP contribution in [-0.4, -0.2) is 98.6 Å². The minimum absolute atomic E-state index is 0.0470. The van der Waals surface area contributed by atoms with Crippen LogP contribution in [0.2, 0.25) is 0 Å². The van der Waals surface area contributed by atoms with Gasteiger partial charge in [0.25, 0.3) is 0 Å². The number of fused-ring (bicyclic) bond motifs is 1. The van der Waals surface area contributed by atoms with Crippen molar-refractivity contribution in [1.82, 2.24) is 25.0 Å². The van der Waals surface area contributed by atoms with Gasteiger partial charge in [-0.3, -0.25) is 15.1 Å². The van der Waals surface area contributed by atoms with Crippen molar-refractivity contribution in [3.05, 3.63) is 0 Å². The molecular weight excluding hydrogens is 432 g/mol. The number of halogens is 2. The molecule has 31 heavy (non-hydrogen) atoms. The van der Waals surface area contributed by atoms with E-state index in [2.05, 4.69) is 10.1 Å². The zero-order chi connectivity index (χ0) is 22.4. The molecule has 2 aliphatic carbocycles. The molecule has 9 nitrogen and oxygen atoms in total. The fourth-order valence-electron chi connectivity index (χ4n) is 5.13. The third-order valence-electron chi connectivity index (χ3n) is 7.08. The van der Waals surface area contributed by atoms with Crippen LogP contribution in [0, 0.1) is 11.8 Å². The van der Waals surface area contributed by atoms with Gasteiger partial charge in [-0.25, -0.2) is 31.7 Å². The van der Waals surface area contributed by atoms with E-state index in [1.54, 1.807) is 0 Å². The molecule has 0 aromatic carbocycles. The van der Waals surface area contributed by atoms with E-state index in [1.165, 1.54) is 9.80 Å². The molecule has 12 heteroatoms. The highest BCUT2D eigenvalue weighted by Crippen LogP contribution is 2.40. The van der Waals surface area contributed by atoms with E-state index in [0.29, 0.717) is 32.4 Å². The number of hydrogen-bond donors (Lipinski definition) is 2. The Balaban J connectivity index is 1.52. The Morgan fingerprint density at radius 2 is 1.97 bits per heavy atom. The number of carbonyl (C=O) groups excluding carboxylic acids is 2. The van der Waals surface area contributed by atoms with Crippen LogP contribution in [-0.2, 0) is 14.8 Å². The Kier molecular flexibility index (Phi) is 6.27. The molecule has 4 rings (SSSR count). The maximum atomic E-state index is 13.3. The summed E-state index contributed by atoms with van der Waals surface area (Å²) in [5.41, 5.74) is 2.14. The van der Waals surface area contributed by atoms with Gasteiger partial charge < -0.3 is 4.90 Å². The highest BCUT2D eigenvalue weighted by atomic mass is 32.2. The fraction of sp³-hybridized carbons (Fsp3) is 0.895. The normalized spacial score (nSPS) is 33.6. The summed E-state index contributed by atoms with van der Waals surface area (Å²) in [4.78, 5) is 28.9. The van der Waals surface area contributed by atoms with Crippen LogP contribution in [0.4, 0.5) is 13.6 Å². The largest absolute Gasteiger partial charge is 0.327 e. The summed E-state index contributed by atoms with van der Waals surface area (Å²) in [6, 6.07) is -0.994. The highest BCUT2D eigenvalue weighted by molar-refractivity contribution is 7.90. The average Bonchev–Trinajstić information content (AvgIpc) is 3.38. The van der Waals surface area contributed by atoms with Gasteiger partial charge in [0.15, 0.2) is 0 Å². The summed E-state index contributed by atoms with van der Waals surface area (Å²) in [5.74, 6) is -1.04. The third kappa shape index (κ3) is 4.44. The first-order valence-corrected chi connectivity index (χ1v) is 12.5. The van der Waals surface area contributed by atoms with Gasteiger partial charge in [-0.15, -0.1) is 0 Å². The Morgan fingerprint density at radius 3 is 2.55 bits per heavy atom. The lowest BCUT2D eigenvalue weighted by Crippen LogP contribution is -2.65. The molecule has 4 atom stereocenters. The monoisotopic (exact) mass is 463 g/mol. The Bertz CT molecular complexity index is 824. The summed E-state index contributed by atoms with van der Waals surface area (Å²) in [5, 5.41) is 1.06. The van der Waals surface area contributed by atoms with Crippen LogP contribution in [0.1, 0.15) is 32.1 Å². The smallest absolute Gasteiger partial charge is 0.318 e. The van der Waals surface area contributed by atoms with Gasteiger partial charge in [0.1, 0.15) is 13.3 Å². The van der Waals surface area contributed by atoms with Gasteiger partial charge in [0, 0.05) is 38.6 Å². The van der Waals surface area contributed by atoms with Crippen LogP contribution >= 0.6 is 0 Å². The molecule has 3 amide bonds. The summed E-state index contributed by atoms with van der Waals surface area (Å²) in [6.07, 6.45) is 1.54. The van der Waals surface area contributed by atoms with E-state index in [-0.39, 0.29) is 37.8 Å². The number of nitrogens with zero attached hydrogens (tertiary/aromatic N) is 3. The van der Waals surface area contributed by atoms with Crippen molar-refractivity contribution < 1.29 is 26.8 Å². The standard InChI is InChI=1S/C19H31F2N5O4S/c1-24-10-13(9-22-24)11-26-17(27)15-8-14(31(29,30)23-19(12-21)4-5-19)2-3-16(15)25(7-6-20)18(26)28/h13-16,22-23H,2-12H2,1H3. The molecule has 4 unspecified atom stereocenters. The molecule has 2 saturated heterocycles. The average molecular weight is 464 g/mol. The van der Waals surface area contributed by atoms with E-state index >= 15 is 0 Å². The number of urea groups is 1. The number of hydrogen-bond acceptors (Lipinski definition) is 6. The van der Waals surface area contributed by atoms with Crippen molar-refractivity contribution in [2.45, 2.75) is 48.9 Å². The molecule has 4 aliphatic rings. The lowest BCUT2D eigenvalue weighted by molar-refractivity contribution is -0.141. The second-order valence-corrected chi connectivity index (χ2v) is 11.4. The topological polar surface area (TPSA) is 102 Å². The van der Waals surface area contributed by atoms with E-state index in [1.807, 2.05) is 12.1 Å². The van der Waals surface area contributed by atoms with Crippen LogP contribution < -0.4 is 10.1 Å². The van der Waals surface area contributed by atoms with Crippen molar-refractivity contribution in [2.75, 3.05) is 46.6 Å². The third-order valence-corrected chi connectivity index (χ3v) is 9.10. The minimum Gasteiger partial charge on any atom is -0.318 e. The molecule has 0 aromatic rings. The SMILES string of the molecule is CN1CC(CN2C(=O)C3CC(S(=O)(=O)NC4(CF)CC4)CCC3N(CCF)C2=O)CN1. The second-order valence-electron chi connectivity index (χ2n) is 9.39. The zero-order valence-electron chi connectivity index (χ0n) is 17.7. The summed E-state index contributed by atoms with van der Waals surface area (Å²) in [7, 11) is -1.94. The maximum Gasteiger partial charge on any atom is 0.327 e. The summed E-state index contributed by atoms with van der Waals surface area (Å²) < 4.78 is 54.8. The molecule has 0 radical (unpaired) electrons. The van der Waals surface area contributed by atoms with E-state index in [4.69, 9.17) is 0 Å². The molecular formula is C19H31F2N5O4S. The maximum absolute atomic E-state index is 13.3. The number of carbonyl (C=O) groups is 2. The first-order chi connectivity index (χ1) is 14.7. The number of rotatable bonds is 8. The molecule has 0 bridgehead atoms. The predicted octanol–water partition coefficient (Wildman–Crippen LogP) is 0.245. The van der Waals surface area contributed by atoms with Gasteiger partial charge in [-0.2, -0.15) is 0 Å². The molecule has 2 saturated carbocycles. The van der Waals surface area contributed by atoms with E-state index in [9.17, 15) is 26.8 Å². The number of imide groups is 1. The van der Waals surface area contributed by atoms with Gasteiger partial charge >= 0.3 is 6.03 Å². The quantitative estimate of drug-likeness (QED) is 0.535. The Labute approximate surface area is 181 Å². The van der Waals surface area contributed by atoms with Crippen molar-refractivity contribution in [2.24, 2.45) is 11.8 Å². The molecule has 2 heterocycles. The van der Waals surface area contributed by atoms with Crippen LogP contribution in [0.25, 0.3) is 0 Å². The van der Waals surface area contributed by atoms with Crippen LogP contribution in [0.5, 0.6) is 0 Å². The summed E-state index contributed by atoms with van der Waals surface area (Å²) in [6.45, 7) is -0.0975. The van der Waals surface area contributed by atoms with Gasteiger partial charge in [0.2, 0.25) is 15.9 Å². The van der Waals surface area contributed by atoms with Crippen molar-refractivity contribution in [3.63, 3.8) is 0 Å². The highest BCUT2D eigenvalue weighted by Gasteiger charge is 2.53. The minimum atomic E-state index is -3.81. The number of alkyl halides is 2. The number of nitrogens with one attached hydrogen (secondary N) is 2. The van der Waals surface area contributed by atoms with E-state index < -0.39 is 52.2 Å². The second kappa shape index (κ2) is 8.53. The molecule has 176 valence electrons. The van der Waals surface area contributed by atoms with Crippen LogP contribution in [0.15, 0.2) is 0 Å². The lowest BCUT2D eigenvalue weighted by Gasteiger charge is -2.48. The Hall–Kier alpha value is -1.37. The summed E-state index contributed by atoms with van der Waals surface area (Å²) >= 11 is 0.